The third kappa shape index (κ3) is 2.10. The van der Waals surface area contributed by atoms with E-state index in [0.717, 1.165) is 19.3 Å². The maximum Gasteiger partial charge on any atom is 0.227 e. The average molecular weight is 220 g/mol. The summed E-state index contributed by atoms with van der Waals surface area (Å²) in [7, 11) is 1.57. The molecule has 1 aromatic rings. The third-order valence-electron chi connectivity index (χ3n) is 2.96. The van der Waals surface area contributed by atoms with Gasteiger partial charge in [0.1, 0.15) is 5.75 Å². The first-order valence-electron chi connectivity index (χ1n) is 5.45. The maximum atomic E-state index is 11.8. The molecule has 0 aromatic heterocycles. The van der Waals surface area contributed by atoms with E-state index in [2.05, 4.69) is 5.32 Å². The number of nitrogens with one attached hydrogen (secondary N) is 1. The number of benzene rings is 1. The second kappa shape index (κ2) is 4.43. The highest BCUT2D eigenvalue weighted by atomic mass is 16.5. The number of carbonyl (C=O) groups is 1. The molecule has 0 atom stereocenters. The Bertz CT molecular complexity index is 400. The Morgan fingerprint density at radius 1 is 1.50 bits per heavy atom. The molecule has 1 amide bonds. The quantitative estimate of drug-likeness (QED) is 0.766. The second-order valence-electron chi connectivity index (χ2n) is 4.08. The van der Waals surface area contributed by atoms with Gasteiger partial charge in [0.2, 0.25) is 5.91 Å². The number of carbonyl (C=O) groups excluding carboxylic acids is 1. The van der Waals surface area contributed by atoms with Gasteiger partial charge in [-0.3, -0.25) is 4.79 Å². The molecule has 16 heavy (non-hydrogen) atoms. The van der Waals surface area contributed by atoms with Crippen LogP contribution in [0.4, 0.5) is 11.4 Å². The number of methoxy groups -OCH3 is 1. The zero-order valence-electron chi connectivity index (χ0n) is 9.32. The molecule has 2 rings (SSSR count). The van der Waals surface area contributed by atoms with Gasteiger partial charge in [-0.15, -0.1) is 0 Å². The first kappa shape index (κ1) is 10.8. The Labute approximate surface area is 94.8 Å². The van der Waals surface area contributed by atoms with Crippen LogP contribution in [-0.4, -0.2) is 13.0 Å². The molecule has 1 aliphatic carbocycles. The number of hydrogen-bond donors (Lipinski definition) is 2. The minimum Gasteiger partial charge on any atom is -0.495 e. The zero-order chi connectivity index (χ0) is 11.5. The second-order valence-corrected chi connectivity index (χ2v) is 4.08. The van der Waals surface area contributed by atoms with E-state index in [0.29, 0.717) is 17.1 Å². The summed E-state index contributed by atoms with van der Waals surface area (Å²) in [5, 5.41) is 2.86. The van der Waals surface area contributed by atoms with E-state index >= 15 is 0 Å². The predicted octanol–water partition coefficient (Wildman–Crippen LogP) is 2.02. The van der Waals surface area contributed by atoms with Crippen molar-refractivity contribution in [2.24, 2.45) is 5.92 Å². The molecule has 0 saturated heterocycles. The van der Waals surface area contributed by atoms with Crippen LogP contribution in [-0.2, 0) is 4.79 Å². The van der Waals surface area contributed by atoms with E-state index in [9.17, 15) is 4.79 Å². The lowest BCUT2D eigenvalue weighted by molar-refractivity contribution is -0.122. The Morgan fingerprint density at radius 3 is 2.81 bits per heavy atom. The molecule has 86 valence electrons. The first-order chi connectivity index (χ1) is 7.70. The first-order valence-corrected chi connectivity index (χ1v) is 5.45. The normalized spacial score (nSPS) is 15.3. The standard InChI is InChI=1S/C12H16N2O2/c1-16-11-6-5-9(13)7-10(11)14-12(15)8-3-2-4-8/h5-8H,2-4,13H2,1H3,(H,14,15). The van der Waals surface area contributed by atoms with E-state index in [-0.39, 0.29) is 11.8 Å². The van der Waals surface area contributed by atoms with Crippen molar-refractivity contribution in [3.05, 3.63) is 18.2 Å². The minimum atomic E-state index is 0.0650. The molecule has 1 aromatic carbocycles. The summed E-state index contributed by atoms with van der Waals surface area (Å²) >= 11 is 0. The molecule has 1 aliphatic rings. The molecule has 4 heteroatoms. The van der Waals surface area contributed by atoms with Crippen LogP contribution in [0.1, 0.15) is 19.3 Å². The molecule has 3 N–H and O–H groups in total. The van der Waals surface area contributed by atoms with E-state index in [4.69, 9.17) is 10.5 Å². The lowest BCUT2D eigenvalue weighted by Gasteiger charge is -2.24. The molecule has 1 fully saturated rings. The van der Waals surface area contributed by atoms with Crippen molar-refractivity contribution in [1.29, 1.82) is 0 Å². The van der Waals surface area contributed by atoms with Crippen LogP contribution >= 0.6 is 0 Å². The SMILES string of the molecule is COc1ccc(N)cc1NC(=O)C1CCC1. The highest BCUT2D eigenvalue weighted by Crippen LogP contribution is 2.31. The van der Waals surface area contributed by atoms with Crippen LogP contribution in [0, 0.1) is 5.92 Å². The molecule has 0 heterocycles. The minimum absolute atomic E-state index is 0.0650. The van der Waals surface area contributed by atoms with E-state index in [1.165, 1.54) is 0 Å². The molecule has 0 bridgehead atoms. The summed E-state index contributed by atoms with van der Waals surface area (Å²) in [6, 6.07) is 5.22. The van der Waals surface area contributed by atoms with Crippen molar-refractivity contribution in [1.82, 2.24) is 0 Å². The molecular weight excluding hydrogens is 204 g/mol. The summed E-state index contributed by atoms with van der Waals surface area (Å²) in [5.41, 5.74) is 6.94. The van der Waals surface area contributed by atoms with Gasteiger partial charge in [0.05, 0.1) is 12.8 Å². The smallest absolute Gasteiger partial charge is 0.227 e. The highest BCUT2D eigenvalue weighted by Gasteiger charge is 2.25. The molecule has 1 saturated carbocycles. The highest BCUT2D eigenvalue weighted by molar-refractivity contribution is 5.94. The lowest BCUT2D eigenvalue weighted by Crippen LogP contribution is -2.28. The van der Waals surface area contributed by atoms with Crippen LogP contribution < -0.4 is 15.8 Å². The van der Waals surface area contributed by atoms with Gasteiger partial charge in [0.15, 0.2) is 0 Å². The van der Waals surface area contributed by atoms with Crippen molar-refractivity contribution in [3.8, 4) is 5.75 Å². The van der Waals surface area contributed by atoms with E-state index in [1.807, 2.05) is 0 Å². The molecule has 4 nitrogen and oxygen atoms in total. The monoisotopic (exact) mass is 220 g/mol. The van der Waals surface area contributed by atoms with Crippen molar-refractivity contribution < 1.29 is 9.53 Å². The maximum absolute atomic E-state index is 11.8. The van der Waals surface area contributed by atoms with E-state index < -0.39 is 0 Å². The number of nitrogens with two attached hydrogens (primary N) is 1. The largest absolute Gasteiger partial charge is 0.495 e. The van der Waals surface area contributed by atoms with Crippen LogP contribution in [0.3, 0.4) is 0 Å². The zero-order valence-corrected chi connectivity index (χ0v) is 9.32. The summed E-state index contributed by atoms with van der Waals surface area (Å²) in [6.07, 6.45) is 3.11. The summed E-state index contributed by atoms with van der Waals surface area (Å²) in [6.45, 7) is 0. The van der Waals surface area contributed by atoms with Gasteiger partial charge in [-0.1, -0.05) is 6.42 Å². The lowest BCUT2D eigenvalue weighted by atomic mass is 9.85. The van der Waals surface area contributed by atoms with Crippen LogP contribution in [0.2, 0.25) is 0 Å². The fourth-order valence-electron chi connectivity index (χ4n) is 1.73. The van der Waals surface area contributed by atoms with Gasteiger partial charge < -0.3 is 15.8 Å². The van der Waals surface area contributed by atoms with Crippen molar-refractivity contribution in [3.63, 3.8) is 0 Å². The van der Waals surface area contributed by atoms with Crippen LogP contribution in [0.25, 0.3) is 0 Å². The molecule has 0 radical (unpaired) electrons. The molecule has 0 unspecified atom stereocenters. The third-order valence-corrected chi connectivity index (χ3v) is 2.96. The Balaban J connectivity index is 2.12. The Morgan fingerprint density at radius 2 is 2.25 bits per heavy atom. The van der Waals surface area contributed by atoms with Crippen LogP contribution in [0.5, 0.6) is 5.75 Å². The van der Waals surface area contributed by atoms with Crippen molar-refractivity contribution in [2.45, 2.75) is 19.3 Å². The number of rotatable bonds is 3. The number of ether oxygens (including phenoxy) is 1. The van der Waals surface area contributed by atoms with Gasteiger partial charge in [-0.05, 0) is 31.0 Å². The molecule has 0 aliphatic heterocycles. The predicted molar refractivity (Wildman–Crippen MR) is 63.4 cm³/mol. The summed E-state index contributed by atoms with van der Waals surface area (Å²) < 4.78 is 5.16. The van der Waals surface area contributed by atoms with Gasteiger partial charge in [0, 0.05) is 11.6 Å². The fraction of sp³-hybridized carbons (Fsp3) is 0.417. The van der Waals surface area contributed by atoms with E-state index in [1.54, 1.807) is 25.3 Å². The number of nitrogen functional groups attached to an aromatic ring is 1. The van der Waals surface area contributed by atoms with Gasteiger partial charge >= 0.3 is 0 Å². The fourth-order valence-corrected chi connectivity index (χ4v) is 1.73. The van der Waals surface area contributed by atoms with Gasteiger partial charge in [0.25, 0.3) is 0 Å². The average Bonchev–Trinajstić information content (AvgIpc) is 2.15. The number of hydrogen-bond acceptors (Lipinski definition) is 3. The van der Waals surface area contributed by atoms with Gasteiger partial charge in [-0.25, -0.2) is 0 Å². The summed E-state index contributed by atoms with van der Waals surface area (Å²) in [4.78, 5) is 11.8. The Kier molecular flexibility index (Phi) is 2.99. The summed E-state index contributed by atoms with van der Waals surface area (Å²) in [5.74, 6) is 0.864. The van der Waals surface area contributed by atoms with Crippen LogP contribution in [0.15, 0.2) is 18.2 Å². The molecular formula is C12H16N2O2. The topological polar surface area (TPSA) is 64.3 Å². The number of anilines is 2. The van der Waals surface area contributed by atoms with Crippen molar-refractivity contribution >= 4 is 17.3 Å². The molecule has 0 spiro atoms. The Hall–Kier alpha value is -1.71. The van der Waals surface area contributed by atoms with Gasteiger partial charge in [-0.2, -0.15) is 0 Å². The number of amides is 1. The van der Waals surface area contributed by atoms with Crippen molar-refractivity contribution in [2.75, 3.05) is 18.2 Å².